The highest BCUT2D eigenvalue weighted by atomic mass is 16.2. The molecule has 132 valence electrons. The van der Waals surface area contributed by atoms with E-state index in [4.69, 9.17) is 0 Å². The molecule has 1 atom stereocenters. The highest BCUT2D eigenvalue weighted by molar-refractivity contribution is 5.97. The molecule has 1 N–H and O–H groups in total. The zero-order valence-electron chi connectivity index (χ0n) is 14.3. The molecular weight excluding hydrogens is 320 g/mol. The molecule has 7 heteroatoms. The first-order chi connectivity index (χ1) is 12.1. The van der Waals surface area contributed by atoms with Crippen molar-refractivity contribution in [3.63, 3.8) is 0 Å². The molecule has 1 amide bonds. The molecular formula is C18H22N4O3. The summed E-state index contributed by atoms with van der Waals surface area (Å²) < 4.78 is 1.54. The predicted octanol–water partition coefficient (Wildman–Crippen LogP) is 1.82. The summed E-state index contributed by atoms with van der Waals surface area (Å²) >= 11 is 0. The summed E-state index contributed by atoms with van der Waals surface area (Å²) in [5.74, 6) is -0.0904. The number of aromatic amines is 1. The third-order valence-electron chi connectivity index (χ3n) is 5.25. The smallest absolute Gasteiger partial charge is 0.330 e. The number of aromatic nitrogens is 3. The van der Waals surface area contributed by atoms with Crippen LogP contribution in [0, 0.1) is 0 Å². The Labute approximate surface area is 144 Å². The maximum atomic E-state index is 12.9. The van der Waals surface area contributed by atoms with Crippen LogP contribution in [0.2, 0.25) is 0 Å². The fourth-order valence-electron chi connectivity index (χ4n) is 3.67. The fraction of sp³-hybridized carbons (Fsp3) is 0.556. The molecule has 1 saturated carbocycles. The lowest BCUT2D eigenvalue weighted by atomic mass is 10.1. The molecule has 0 bridgehead atoms. The van der Waals surface area contributed by atoms with Crippen LogP contribution < -0.4 is 11.2 Å². The molecule has 0 aromatic carbocycles. The van der Waals surface area contributed by atoms with Crippen molar-refractivity contribution >= 4 is 16.9 Å². The van der Waals surface area contributed by atoms with Crippen molar-refractivity contribution in [2.45, 2.75) is 57.5 Å². The molecule has 2 aromatic heterocycles. The fourth-order valence-corrected chi connectivity index (χ4v) is 3.67. The van der Waals surface area contributed by atoms with Gasteiger partial charge in [-0.05, 0) is 38.7 Å². The number of nitrogens with one attached hydrogen (secondary N) is 1. The summed E-state index contributed by atoms with van der Waals surface area (Å²) in [5.41, 5.74) is -0.125. The van der Waals surface area contributed by atoms with E-state index in [0.717, 1.165) is 45.1 Å². The molecule has 2 aromatic rings. The van der Waals surface area contributed by atoms with E-state index < -0.39 is 11.2 Å². The Hall–Kier alpha value is -2.44. The molecule has 2 aliphatic rings. The van der Waals surface area contributed by atoms with Crippen molar-refractivity contribution < 1.29 is 4.79 Å². The van der Waals surface area contributed by atoms with E-state index in [-0.39, 0.29) is 18.0 Å². The van der Waals surface area contributed by atoms with Gasteiger partial charge < -0.3 is 4.90 Å². The number of pyridine rings is 1. The quantitative estimate of drug-likeness (QED) is 0.902. The number of carbonyl (C=O) groups is 1. The van der Waals surface area contributed by atoms with E-state index >= 15 is 0 Å². The van der Waals surface area contributed by atoms with E-state index in [1.54, 1.807) is 10.6 Å². The summed E-state index contributed by atoms with van der Waals surface area (Å²) in [6.45, 7) is 2.80. The van der Waals surface area contributed by atoms with Gasteiger partial charge >= 0.3 is 5.69 Å². The first-order valence-electron chi connectivity index (χ1n) is 9.02. The minimum absolute atomic E-state index is 0.0904. The van der Waals surface area contributed by atoms with Crippen molar-refractivity contribution in [3.8, 4) is 0 Å². The molecule has 1 aliphatic carbocycles. The van der Waals surface area contributed by atoms with E-state index in [1.807, 2.05) is 4.90 Å². The Morgan fingerprint density at radius 3 is 2.76 bits per heavy atom. The first-order valence-corrected chi connectivity index (χ1v) is 9.02. The monoisotopic (exact) mass is 342 g/mol. The number of nitrogens with zero attached hydrogens (tertiary/aromatic N) is 3. The zero-order valence-corrected chi connectivity index (χ0v) is 14.3. The van der Waals surface area contributed by atoms with Crippen LogP contribution in [0.15, 0.2) is 21.9 Å². The topological polar surface area (TPSA) is 88.1 Å². The summed E-state index contributed by atoms with van der Waals surface area (Å²) in [4.78, 5) is 45.8. The second-order valence-corrected chi connectivity index (χ2v) is 7.15. The van der Waals surface area contributed by atoms with Gasteiger partial charge in [0, 0.05) is 24.8 Å². The van der Waals surface area contributed by atoms with Gasteiger partial charge in [-0.1, -0.05) is 12.8 Å². The molecule has 4 rings (SSSR count). The third kappa shape index (κ3) is 2.88. The molecule has 25 heavy (non-hydrogen) atoms. The van der Waals surface area contributed by atoms with Gasteiger partial charge in [-0.25, -0.2) is 9.78 Å². The number of likely N-dealkylation sites (tertiary alicyclic amines) is 1. The Morgan fingerprint density at radius 2 is 2.00 bits per heavy atom. The van der Waals surface area contributed by atoms with Crippen molar-refractivity contribution in [1.82, 2.24) is 19.4 Å². The highest BCUT2D eigenvalue weighted by Gasteiger charge is 2.28. The average Bonchev–Trinajstić information content (AvgIpc) is 3.42. The lowest BCUT2D eigenvalue weighted by Crippen LogP contribution is -2.38. The summed E-state index contributed by atoms with van der Waals surface area (Å²) in [6.07, 6.45) is 7.59. The summed E-state index contributed by atoms with van der Waals surface area (Å²) in [7, 11) is 0. The van der Waals surface area contributed by atoms with Gasteiger partial charge in [0.2, 0.25) is 0 Å². The van der Waals surface area contributed by atoms with E-state index in [1.165, 1.54) is 6.20 Å². The van der Waals surface area contributed by atoms with Crippen molar-refractivity contribution in [2.75, 3.05) is 6.54 Å². The van der Waals surface area contributed by atoms with Gasteiger partial charge in [-0.3, -0.25) is 19.1 Å². The van der Waals surface area contributed by atoms with Gasteiger partial charge in [0.15, 0.2) is 0 Å². The van der Waals surface area contributed by atoms with Crippen LogP contribution in [-0.4, -0.2) is 37.9 Å². The van der Waals surface area contributed by atoms with Gasteiger partial charge in [0.25, 0.3) is 11.5 Å². The number of H-pyrrole nitrogens is 1. The normalized spacial score (nSPS) is 21.3. The average molecular weight is 342 g/mol. The molecule has 0 spiro atoms. The summed E-state index contributed by atoms with van der Waals surface area (Å²) in [6, 6.07) is 1.87. The predicted molar refractivity (Wildman–Crippen MR) is 93.9 cm³/mol. The van der Waals surface area contributed by atoms with Crippen LogP contribution in [0.4, 0.5) is 0 Å². The van der Waals surface area contributed by atoms with Crippen molar-refractivity contribution in [3.05, 3.63) is 38.7 Å². The lowest BCUT2D eigenvalue weighted by molar-refractivity contribution is 0.0697. The van der Waals surface area contributed by atoms with E-state index in [9.17, 15) is 14.4 Å². The largest absolute Gasteiger partial charge is 0.336 e. The molecule has 0 unspecified atom stereocenters. The number of amides is 1. The lowest BCUT2D eigenvalue weighted by Gasteiger charge is -2.27. The number of hydrogen-bond acceptors (Lipinski definition) is 4. The minimum atomic E-state index is -0.483. The molecule has 3 heterocycles. The molecule has 7 nitrogen and oxygen atoms in total. The highest BCUT2D eigenvalue weighted by Crippen LogP contribution is 2.34. The zero-order chi connectivity index (χ0) is 17.6. The molecule has 1 saturated heterocycles. The van der Waals surface area contributed by atoms with Crippen LogP contribution in [0.5, 0.6) is 0 Å². The molecule has 0 radical (unpaired) electrons. The van der Waals surface area contributed by atoms with Crippen molar-refractivity contribution in [2.24, 2.45) is 0 Å². The van der Waals surface area contributed by atoms with E-state index in [0.29, 0.717) is 16.6 Å². The SMILES string of the molecule is C[C@H]1CCCCCN1C(=O)c1cnc2c(c1)c(=O)[nH]c(=O)n2C1CC1. The Morgan fingerprint density at radius 1 is 1.20 bits per heavy atom. The molecule has 1 aliphatic heterocycles. The number of rotatable bonds is 2. The van der Waals surface area contributed by atoms with Crippen LogP contribution >= 0.6 is 0 Å². The van der Waals surface area contributed by atoms with Crippen LogP contribution in [0.1, 0.15) is 61.8 Å². The van der Waals surface area contributed by atoms with Gasteiger partial charge in [-0.15, -0.1) is 0 Å². The Kier molecular flexibility index (Phi) is 3.94. The Bertz CT molecular complexity index is 941. The minimum Gasteiger partial charge on any atom is -0.336 e. The van der Waals surface area contributed by atoms with Crippen LogP contribution in [0.25, 0.3) is 11.0 Å². The Balaban J connectivity index is 1.77. The maximum absolute atomic E-state index is 12.9. The second-order valence-electron chi connectivity index (χ2n) is 7.15. The maximum Gasteiger partial charge on any atom is 0.330 e. The van der Waals surface area contributed by atoms with Crippen LogP contribution in [-0.2, 0) is 0 Å². The molecule has 2 fully saturated rings. The first kappa shape index (κ1) is 16.1. The van der Waals surface area contributed by atoms with Gasteiger partial charge in [0.05, 0.1) is 10.9 Å². The van der Waals surface area contributed by atoms with Crippen LogP contribution in [0.3, 0.4) is 0 Å². The number of fused-ring (bicyclic) bond motifs is 1. The number of carbonyl (C=O) groups excluding carboxylic acids is 1. The summed E-state index contributed by atoms with van der Waals surface area (Å²) in [5, 5.41) is 0.305. The van der Waals surface area contributed by atoms with Gasteiger partial charge in [-0.2, -0.15) is 0 Å². The van der Waals surface area contributed by atoms with E-state index in [2.05, 4.69) is 16.9 Å². The second kappa shape index (κ2) is 6.13. The van der Waals surface area contributed by atoms with Crippen molar-refractivity contribution in [1.29, 1.82) is 0 Å². The standard InChI is InChI=1S/C18H22N4O3/c1-11-5-3-2-4-8-21(11)17(24)12-9-14-15(19-10-12)22(13-6-7-13)18(25)20-16(14)23/h9-11,13H,2-8H2,1H3,(H,20,23,25)/t11-/m0/s1. The third-order valence-corrected chi connectivity index (χ3v) is 5.25. The number of hydrogen-bond donors (Lipinski definition) is 1. The van der Waals surface area contributed by atoms with Gasteiger partial charge in [0.1, 0.15) is 5.65 Å².